The molecule has 10 heteroatoms. The maximum Gasteiger partial charge on any atom is 0.407 e. The maximum absolute atomic E-state index is 13.4. The smallest absolute Gasteiger partial charge is 0.407 e. The molecular formula is C26H38N4O6. The van der Waals surface area contributed by atoms with Crippen molar-refractivity contribution in [2.75, 3.05) is 39.9 Å². The average Bonchev–Trinajstić information content (AvgIpc) is 2.89. The highest BCUT2D eigenvalue weighted by atomic mass is 16.5. The Balaban J connectivity index is 1.45. The van der Waals surface area contributed by atoms with E-state index in [-0.39, 0.29) is 30.9 Å². The molecule has 0 saturated carbocycles. The minimum atomic E-state index is -0.905. The molecule has 0 bridgehead atoms. The minimum absolute atomic E-state index is 0.0124. The van der Waals surface area contributed by atoms with Crippen LogP contribution in [0.5, 0.6) is 0 Å². The minimum Gasteiger partial charge on any atom is -0.445 e. The molecule has 2 aliphatic rings. The zero-order valence-corrected chi connectivity index (χ0v) is 21.3. The van der Waals surface area contributed by atoms with Gasteiger partial charge in [-0.05, 0) is 44.1 Å². The molecule has 2 heterocycles. The van der Waals surface area contributed by atoms with Crippen LogP contribution in [-0.4, -0.2) is 85.1 Å². The summed E-state index contributed by atoms with van der Waals surface area (Å²) in [5.74, 6) is -0.308. The molecule has 1 atom stereocenters. The molecule has 2 saturated heterocycles. The van der Waals surface area contributed by atoms with E-state index in [2.05, 4.69) is 10.6 Å². The summed E-state index contributed by atoms with van der Waals surface area (Å²) in [5, 5.41) is 5.68. The number of unbranched alkanes of at least 4 members (excludes halogenated alkanes) is 1. The lowest BCUT2D eigenvalue weighted by Gasteiger charge is -2.51. The van der Waals surface area contributed by atoms with Crippen LogP contribution in [0, 0.1) is 0 Å². The lowest BCUT2D eigenvalue weighted by Crippen LogP contribution is -2.73. The van der Waals surface area contributed by atoms with Crippen molar-refractivity contribution in [3.63, 3.8) is 0 Å². The number of carbonyl (C=O) groups excluding carboxylic acids is 4. The van der Waals surface area contributed by atoms with Gasteiger partial charge in [0, 0.05) is 33.3 Å². The van der Waals surface area contributed by atoms with Crippen LogP contribution >= 0.6 is 0 Å². The summed E-state index contributed by atoms with van der Waals surface area (Å²) >= 11 is 0. The van der Waals surface area contributed by atoms with E-state index in [0.717, 1.165) is 12.0 Å². The van der Waals surface area contributed by atoms with Crippen LogP contribution in [-0.2, 0) is 30.5 Å². The SMILES string of the molecule is CCCN1C(=O)[C@H](CCCCNC(=O)OCc2ccccc2)NC(=O)C12CCN(C(=O)COC)CC2. The number of carbonyl (C=O) groups is 4. The van der Waals surface area contributed by atoms with Gasteiger partial charge in [-0.25, -0.2) is 4.79 Å². The molecule has 0 aliphatic carbocycles. The molecule has 1 aromatic carbocycles. The highest BCUT2D eigenvalue weighted by Gasteiger charge is 2.53. The van der Waals surface area contributed by atoms with Gasteiger partial charge in [-0.2, -0.15) is 0 Å². The van der Waals surface area contributed by atoms with Gasteiger partial charge in [0.25, 0.3) is 0 Å². The molecule has 0 unspecified atom stereocenters. The van der Waals surface area contributed by atoms with Crippen LogP contribution in [0.2, 0.25) is 0 Å². The van der Waals surface area contributed by atoms with Crippen LogP contribution in [0.3, 0.4) is 0 Å². The predicted octanol–water partition coefficient (Wildman–Crippen LogP) is 1.83. The highest BCUT2D eigenvalue weighted by Crippen LogP contribution is 2.34. The summed E-state index contributed by atoms with van der Waals surface area (Å²) in [5.41, 5.74) is 0.0122. The number of benzene rings is 1. The molecule has 0 aromatic heterocycles. The molecule has 1 spiro atoms. The molecule has 3 rings (SSSR count). The fraction of sp³-hybridized carbons (Fsp3) is 0.615. The zero-order chi connectivity index (χ0) is 26.0. The molecule has 2 N–H and O–H groups in total. The van der Waals surface area contributed by atoms with Crippen LogP contribution in [0.25, 0.3) is 0 Å². The van der Waals surface area contributed by atoms with Crippen molar-refractivity contribution in [2.45, 2.75) is 63.6 Å². The van der Waals surface area contributed by atoms with E-state index in [9.17, 15) is 19.2 Å². The molecule has 10 nitrogen and oxygen atoms in total. The third-order valence-corrected chi connectivity index (χ3v) is 6.87. The Morgan fingerprint density at radius 2 is 1.86 bits per heavy atom. The number of ether oxygens (including phenoxy) is 2. The summed E-state index contributed by atoms with van der Waals surface area (Å²) in [6, 6.07) is 8.88. The van der Waals surface area contributed by atoms with Gasteiger partial charge >= 0.3 is 6.09 Å². The first kappa shape index (κ1) is 27.4. The number of piperidine rings is 1. The van der Waals surface area contributed by atoms with Crippen LogP contribution in [0.4, 0.5) is 4.79 Å². The molecule has 0 radical (unpaired) electrons. The zero-order valence-electron chi connectivity index (χ0n) is 21.3. The van der Waals surface area contributed by atoms with Crippen molar-refractivity contribution in [1.29, 1.82) is 0 Å². The summed E-state index contributed by atoms with van der Waals surface area (Å²) in [4.78, 5) is 54.1. The number of piperazine rings is 1. The average molecular weight is 503 g/mol. The summed E-state index contributed by atoms with van der Waals surface area (Å²) < 4.78 is 10.1. The number of rotatable bonds is 11. The van der Waals surface area contributed by atoms with Gasteiger partial charge in [0.05, 0.1) is 0 Å². The lowest BCUT2D eigenvalue weighted by atomic mass is 9.81. The monoisotopic (exact) mass is 502 g/mol. The summed E-state index contributed by atoms with van der Waals surface area (Å²) in [7, 11) is 1.48. The van der Waals surface area contributed by atoms with E-state index in [4.69, 9.17) is 9.47 Å². The predicted molar refractivity (Wildman–Crippen MR) is 133 cm³/mol. The first-order chi connectivity index (χ1) is 17.4. The van der Waals surface area contributed by atoms with Crippen molar-refractivity contribution in [3.8, 4) is 0 Å². The molecule has 4 amide bonds. The second-order valence-corrected chi connectivity index (χ2v) is 9.35. The number of nitrogens with zero attached hydrogens (tertiary/aromatic N) is 2. The van der Waals surface area contributed by atoms with Gasteiger partial charge < -0.3 is 29.9 Å². The van der Waals surface area contributed by atoms with Crippen LogP contribution in [0.1, 0.15) is 51.0 Å². The Bertz CT molecular complexity index is 901. The van der Waals surface area contributed by atoms with Gasteiger partial charge in [0.15, 0.2) is 0 Å². The van der Waals surface area contributed by atoms with Gasteiger partial charge in [-0.3, -0.25) is 14.4 Å². The number of methoxy groups -OCH3 is 1. The molecule has 2 fully saturated rings. The Kier molecular flexibility index (Phi) is 10.1. The number of nitrogens with one attached hydrogen (secondary N) is 2. The fourth-order valence-corrected chi connectivity index (χ4v) is 4.90. The molecule has 36 heavy (non-hydrogen) atoms. The van der Waals surface area contributed by atoms with Gasteiger partial charge in [-0.15, -0.1) is 0 Å². The van der Waals surface area contributed by atoms with Crippen molar-refractivity contribution < 1.29 is 28.7 Å². The quantitative estimate of drug-likeness (QED) is 0.446. The van der Waals surface area contributed by atoms with E-state index in [0.29, 0.717) is 58.3 Å². The van der Waals surface area contributed by atoms with E-state index >= 15 is 0 Å². The van der Waals surface area contributed by atoms with Crippen molar-refractivity contribution in [1.82, 2.24) is 20.4 Å². The fourth-order valence-electron chi connectivity index (χ4n) is 4.90. The first-order valence-corrected chi connectivity index (χ1v) is 12.7. The van der Waals surface area contributed by atoms with Crippen LogP contribution in [0.15, 0.2) is 30.3 Å². The molecule has 2 aliphatic heterocycles. The Morgan fingerprint density at radius 1 is 1.14 bits per heavy atom. The topological polar surface area (TPSA) is 117 Å². The highest BCUT2D eigenvalue weighted by molar-refractivity contribution is 6.00. The molecular weight excluding hydrogens is 464 g/mol. The first-order valence-electron chi connectivity index (χ1n) is 12.7. The van der Waals surface area contributed by atoms with E-state index in [1.165, 1.54) is 7.11 Å². The Morgan fingerprint density at radius 3 is 2.53 bits per heavy atom. The molecule has 1 aromatic rings. The number of alkyl carbamates (subject to hydrolysis) is 1. The normalized spacial score (nSPS) is 19.2. The Hall–Kier alpha value is -3.14. The number of likely N-dealkylation sites (tertiary alicyclic amines) is 1. The maximum atomic E-state index is 13.4. The van der Waals surface area contributed by atoms with Gasteiger partial charge in [0.1, 0.15) is 24.8 Å². The van der Waals surface area contributed by atoms with Crippen molar-refractivity contribution in [2.24, 2.45) is 0 Å². The second-order valence-electron chi connectivity index (χ2n) is 9.35. The third-order valence-electron chi connectivity index (χ3n) is 6.87. The summed E-state index contributed by atoms with van der Waals surface area (Å²) in [6.45, 7) is 3.98. The van der Waals surface area contributed by atoms with Crippen LogP contribution < -0.4 is 10.6 Å². The largest absolute Gasteiger partial charge is 0.445 e. The van der Waals surface area contributed by atoms with E-state index < -0.39 is 17.7 Å². The summed E-state index contributed by atoms with van der Waals surface area (Å²) in [6.07, 6.45) is 2.93. The van der Waals surface area contributed by atoms with Gasteiger partial charge in [0.2, 0.25) is 17.7 Å². The standard InChI is InChI=1S/C26H38N4O6/c1-3-15-30-23(32)21(11-7-8-14-27-25(34)36-18-20-9-5-4-6-10-20)28-24(33)26(30)12-16-29(17-13-26)22(31)19-35-2/h4-6,9-10,21H,3,7-8,11-19H2,1-2H3,(H,27,34)(H,28,33)/t21-/m0/s1. The Labute approximate surface area is 212 Å². The molecule has 198 valence electrons. The number of hydrogen-bond acceptors (Lipinski definition) is 6. The van der Waals surface area contributed by atoms with Crippen molar-refractivity contribution in [3.05, 3.63) is 35.9 Å². The third kappa shape index (κ3) is 6.75. The second kappa shape index (κ2) is 13.2. The number of hydrogen-bond donors (Lipinski definition) is 2. The van der Waals surface area contributed by atoms with Gasteiger partial charge in [-0.1, -0.05) is 37.3 Å². The van der Waals surface area contributed by atoms with E-state index in [1.54, 1.807) is 9.80 Å². The number of amides is 4. The van der Waals surface area contributed by atoms with Crippen molar-refractivity contribution >= 4 is 23.8 Å². The van der Waals surface area contributed by atoms with E-state index in [1.807, 2.05) is 37.3 Å². The lowest BCUT2D eigenvalue weighted by molar-refractivity contribution is -0.163.